The molecule has 7 heteroatoms. The number of aliphatic hydroxyl groups is 1. The maximum atomic E-state index is 12.3. The number of carbonyl (C=O) groups excluding carboxylic acids is 1. The summed E-state index contributed by atoms with van der Waals surface area (Å²) >= 11 is 0. The number of nitrogens with zero attached hydrogens (tertiary/aromatic N) is 1. The summed E-state index contributed by atoms with van der Waals surface area (Å²) < 4.78 is 10.2. The normalized spacial score (nSPS) is 10.0. The van der Waals surface area contributed by atoms with Gasteiger partial charge < -0.3 is 24.6 Å². The van der Waals surface area contributed by atoms with E-state index in [9.17, 15) is 9.59 Å². The third kappa shape index (κ3) is 4.64. The zero-order valence-electron chi connectivity index (χ0n) is 12.0. The van der Waals surface area contributed by atoms with Crippen molar-refractivity contribution in [3.05, 3.63) is 23.8 Å². The number of hydrogen-bond donors (Lipinski definition) is 2. The second kappa shape index (κ2) is 8.11. The van der Waals surface area contributed by atoms with Crippen molar-refractivity contribution in [3.8, 4) is 11.5 Å². The average Bonchev–Trinajstić information content (AvgIpc) is 2.49. The number of amides is 1. The molecule has 0 aliphatic carbocycles. The Labute approximate surface area is 122 Å². The van der Waals surface area contributed by atoms with Gasteiger partial charge in [-0.3, -0.25) is 9.59 Å². The zero-order chi connectivity index (χ0) is 15.8. The van der Waals surface area contributed by atoms with Gasteiger partial charge in [-0.2, -0.15) is 0 Å². The van der Waals surface area contributed by atoms with Gasteiger partial charge in [0, 0.05) is 18.7 Å². The van der Waals surface area contributed by atoms with E-state index in [1.165, 1.54) is 25.2 Å². The number of carboxylic acid groups (broad SMARTS) is 1. The first-order chi connectivity index (χ1) is 10.0. The van der Waals surface area contributed by atoms with Crippen molar-refractivity contribution in [2.24, 2.45) is 0 Å². The fraction of sp³-hybridized carbons (Fsp3) is 0.429. The van der Waals surface area contributed by atoms with Crippen molar-refractivity contribution in [1.29, 1.82) is 0 Å². The maximum absolute atomic E-state index is 12.3. The Bertz CT molecular complexity index is 502. The molecule has 7 nitrogen and oxygen atoms in total. The van der Waals surface area contributed by atoms with Crippen molar-refractivity contribution >= 4 is 11.9 Å². The van der Waals surface area contributed by atoms with E-state index in [0.717, 1.165) is 0 Å². The van der Waals surface area contributed by atoms with Gasteiger partial charge in [0.25, 0.3) is 5.91 Å². The summed E-state index contributed by atoms with van der Waals surface area (Å²) in [6.45, 7) is -0.137. The molecule has 0 saturated carbocycles. The number of aliphatic carboxylic acids is 1. The molecule has 2 N–H and O–H groups in total. The lowest BCUT2D eigenvalue weighted by Crippen LogP contribution is -2.35. The summed E-state index contributed by atoms with van der Waals surface area (Å²) in [6, 6.07) is 4.68. The molecule has 1 amide bonds. The highest BCUT2D eigenvalue weighted by atomic mass is 16.5. The summed E-state index contributed by atoms with van der Waals surface area (Å²) in [5, 5.41) is 17.7. The summed E-state index contributed by atoms with van der Waals surface area (Å²) in [6.07, 6.45) is -0.182. The maximum Gasteiger partial charge on any atom is 0.305 e. The number of benzene rings is 1. The van der Waals surface area contributed by atoms with Crippen LogP contribution in [-0.2, 0) is 4.79 Å². The van der Waals surface area contributed by atoms with E-state index >= 15 is 0 Å². The third-order valence-electron chi connectivity index (χ3n) is 2.88. The number of aliphatic hydroxyl groups excluding tert-OH is 1. The van der Waals surface area contributed by atoms with Crippen LogP contribution in [-0.4, -0.2) is 60.9 Å². The molecule has 0 aromatic heterocycles. The van der Waals surface area contributed by atoms with Crippen LogP contribution in [0, 0.1) is 0 Å². The van der Waals surface area contributed by atoms with Gasteiger partial charge in [0.15, 0.2) is 11.5 Å². The number of carboxylic acids is 1. The highest BCUT2D eigenvalue weighted by molar-refractivity contribution is 5.95. The Balaban J connectivity index is 2.94. The first kappa shape index (κ1) is 16.8. The predicted octanol–water partition coefficient (Wildman–Crippen LogP) is 0.613. The summed E-state index contributed by atoms with van der Waals surface area (Å²) in [4.78, 5) is 24.2. The van der Waals surface area contributed by atoms with Crippen LogP contribution in [0.1, 0.15) is 16.8 Å². The van der Waals surface area contributed by atoms with E-state index in [-0.39, 0.29) is 32.0 Å². The minimum absolute atomic E-state index is 0.0308. The van der Waals surface area contributed by atoms with Crippen LogP contribution in [0.25, 0.3) is 0 Å². The van der Waals surface area contributed by atoms with Gasteiger partial charge in [-0.15, -0.1) is 0 Å². The Morgan fingerprint density at radius 2 is 1.81 bits per heavy atom. The largest absolute Gasteiger partial charge is 0.493 e. The average molecular weight is 297 g/mol. The fourth-order valence-electron chi connectivity index (χ4n) is 1.82. The van der Waals surface area contributed by atoms with Crippen LogP contribution in [0.2, 0.25) is 0 Å². The molecule has 1 aromatic carbocycles. The van der Waals surface area contributed by atoms with Crippen LogP contribution >= 0.6 is 0 Å². The van der Waals surface area contributed by atoms with Gasteiger partial charge >= 0.3 is 5.97 Å². The lowest BCUT2D eigenvalue weighted by molar-refractivity contribution is -0.137. The van der Waals surface area contributed by atoms with Gasteiger partial charge in [-0.1, -0.05) is 0 Å². The van der Waals surface area contributed by atoms with Gasteiger partial charge in [0.1, 0.15) is 0 Å². The third-order valence-corrected chi connectivity index (χ3v) is 2.88. The standard InChI is InChI=1S/C14H19NO6/c1-20-11-4-3-10(9-12(11)21-2)14(19)15(7-8-16)6-5-13(17)18/h3-4,9,16H,5-8H2,1-2H3,(H,17,18). The molecule has 116 valence electrons. The Morgan fingerprint density at radius 1 is 1.14 bits per heavy atom. The quantitative estimate of drug-likeness (QED) is 0.730. The first-order valence-corrected chi connectivity index (χ1v) is 6.37. The number of carbonyl (C=O) groups is 2. The van der Waals surface area contributed by atoms with E-state index < -0.39 is 5.97 Å². The summed E-state index contributed by atoms with van der Waals surface area (Å²) in [5.41, 5.74) is 0.339. The molecule has 0 fully saturated rings. The number of hydrogen-bond acceptors (Lipinski definition) is 5. The molecule has 0 unspecified atom stereocenters. The van der Waals surface area contributed by atoms with Gasteiger partial charge in [0.2, 0.25) is 0 Å². The summed E-state index contributed by atoms with van der Waals surface area (Å²) in [7, 11) is 2.95. The van der Waals surface area contributed by atoms with Crippen molar-refractivity contribution in [3.63, 3.8) is 0 Å². The second-order valence-corrected chi connectivity index (χ2v) is 4.23. The fourth-order valence-corrected chi connectivity index (χ4v) is 1.82. The van der Waals surface area contributed by atoms with Gasteiger partial charge in [-0.25, -0.2) is 0 Å². The smallest absolute Gasteiger partial charge is 0.305 e. The van der Waals surface area contributed by atoms with E-state index in [4.69, 9.17) is 19.7 Å². The monoisotopic (exact) mass is 297 g/mol. The van der Waals surface area contributed by atoms with Crippen LogP contribution in [0.3, 0.4) is 0 Å². The van der Waals surface area contributed by atoms with Gasteiger partial charge in [0.05, 0.1) is 27.2 Å². The van der Waals surface area contributed by atoms with Crippen LogP contribution < -0.4 is 9.47 Å². The number of ether oxygens (including phenoxy) is 2. The summed E-state index contributed by atoms with van der Waals surface area (Å²) in [5.74, 6) is -0.469. The van der Waals surface area contributed by atoms with Crippen LogP contribution in [0.5, 0.6) is 11.5 Å². The molecule has 1 aromatic rings. The van der Waals surface area contributed by atoms with Crippen molar-refractivity contribution in [1.82, 2.24) is 4.90 Å². The molecule has 0 atom stereocenters. The van der Waals surface area contributed by atoms with E-state index in [2.05, 4.69) is 0 Å². The molecule has 0 saturated heterocycles. The highest BCUT2D eigenvalue weighted by Crippen LogP contribution is 2.28. The van der Waals surface area contributed by atoms with Crippen LogP contribution in [0.15, 0.2) is 18.2 Å². The lowest BCUT2D eigenvalue weighted by Gasteiger charge is -2.21. The molecule has 21 heavy (non-hydrogen) atoms. The lowest BCUT2D eigenvalue weighted by atomic mass is 10.1. The molecular weight excluding hydrogens is 278 g/mol. The van der Waals surface area contributed by atoms with Crippen molar-refractivity contribution in [2.75, 3.05) is 33.9 Å². The van der Waals surface area contributed by atoms with Crippen LogP contribution in [0.4, 0.5) is 0 Å². The highest BCUT2D eigenvalue weighted by Gasteiger charge is 2.18. The van der Waals surface area contributed by atoms with E-state index in [1.54, 1.807) is 12.1 Å². The Hall–Kier alpha value is -2.28. The molecule has 0 spiro atoms. The predicted molar refractivity (Wildman–Crippen MR) is 74.8 cm³/mol. The first-order valence-electron chi connectivity index (χ1n) is 6.37. The molecule has 0 aliphatic heterocycles. The molecule has 0 aliphatic rings. The van der Waals surface area contributed by atoms with Crippen molar-refractivity contribution < 1.29 is 29.3 Å². The second-order valence-electron chi connectivity index (χ2n) is 4.23. The zero-order valence-corrected chi connectivity index (χ0v) is 12.0. The number of methoxy groups -OCH3 is 2. The number of rotatable bonds is 8. The minimum atomic E-state index is -1.00. The van der Waals surface area contributed by atoms with Gasteiger partial charge in [-0.05, 0) is 18.2 Å². The van der Waals surface area contributed by atoms with E-state index in [1.807, 2.05) is 0 Å². The Kier molecular flexibility index (Phi) is 6.48. The molecule has 0 radical (unpaired) electrons. The Morgan fingerprint density at radius 3 is 2.33 bits per heavy atom. The molecule has 1 rings (SSSR count). The molecule has 0 heterocycles. The molecular formula is C14H19NO6. The van der Waals surface area contributed by atoms with Crippen molar-refractivity contribution in [2.45, 2.75) is 6.42 Å². The topological polar surface area (TPSA) is 96.3 Å². The SMILES string of the molecule is COc1ccc(C(=O)N(CCO)CCC(=O)O)cc1OC. The van der Waals surface area contributed by atoms with E-state index in [0.29, 0.717) is 17.1 Å². The minimum Gasteiger partial charge on any atom is -0.493 e. The molecule has 0 bridgehead atoms.